The lowest BCUT2D eigenvalue weighted by atomic mass is 10.1. The third-order valence-electron chi connectivity index (χ3n) is 2.40. The molecule has 2 heterocycles. The van der Waals surface area contributed by atoms with Crippen molar-refractivity contribution in [3.8, 4) is 0 Å². The molecule has 1 unspecified atom stereocenters. The highest BCUT2D eigenvalue weighted by atomic mass is 79.9. The highest BCUT2D eigenvalue weighted by Gasteiger charge is 2.18. The van der Waals surface area contributed by atoms with E-state index in [9.17, 15) is 0 Å². The van der Waals surface area contributed by atoms with E-state index in [-0.39, 0.29) is 6.04 Å². The minimum absolute atomic E-state index is 0.129. The summed E-state index contributed by atoms with van der Waals surface area (Å²) in [6.45, 7) is 3.13. The van der Waals surface area contributed by atoms with Gasteiger partial charge < -0.3 is 9.73 Å². The van der Waals surface area contributed by atoms with Crippen molar-refractivity contribution in [3.63, 3.8) is 0 Å². The van der Waals surface area contributed by atoms with E-state index in [0.717, 1.165) is 27.2 Å². The fourth-order valence-corrected chi connectivity index (χ4v) is 3.15. The number of furan rings is 1. The van der Waals surface area contributed by atoms with E-state index in [1.807, 2.05) is 12.1 Å². The molecule has 0 spiro atoms. The van der Waals surface area contributed by atoms with Crippen molar-refractivity contribution in [3.05, 3.63) is 43.4 Å². The monoisotopic (exact) mass is 377 g/mol. The molecule has 0 aliphatic carbocycles. The lowest BCUT2D eigenvalue weighted by Gasteiger charge is -2.14. The average Bonchev–Trinajstić information content (AvgIpc) is 2.89. The molecule has 92 valence electrons. The van der Waals surface area contributed by atoms with Gasteiger partial charge in [-0.05, 0) is 74.0 Å². The largest absolute Gasteiger partial charge is 0.452 e. The van der Waals surface area contributed by atoms with Crippen molar-refractivity contribution in [1.82, 2.24) is 5.32 Å². The van der Waals surface area contributed by atoms with Gasteiger partial charge in [0, 0.05) is 0 Å². The average molecular weight is 379 g/mol. The summed E-state index contributed by atoms with van der Waals surface area (Å²) in [7, 11) is 0. The van der Waals surface area contributed by atoms with E-state index in [4.69, 9.17) is 4.42 Å². The van der Waals surface area contributed by atoms with E-state index in [1.165, 1.54) is 5.56 Å². The Morgan fingerprint density at radius 1 is 1.41 bits per heavy atom. The van der Waals surface area contributed by atoms with Crippen molar-refractivity contribution in [2.75, 3.05) is 6.54 Å². The van der Waals surface area contributed by atoms with Gasteiger partial charge in [0.05, 0.1) is 9.83 Å². The Hall–Kier alpha value is -0.100. The minimum Gasteiger partial charge on any atom is -0.452 e. The maximum absolute atomic E-state index is 5.65. The fraction of sp³-hybridized carbons (Fsp3) is 0.333. The van der Waals surface area contributed by atoms with Gasteiger partial charge >= 0.3 is 0 Å². The van der Waals surface area contributed by atoms with E-state index < -0.39 is 0 Å². The molecule has 0 aliphatic rings. The van der Waals surface area contributed by atoms with Crippen LogP contribution in [0, 0.1) is 0 Å². The first-order valence-electron chi connectivity index (χ1n) is 5.43. The zero-order valence-corrected chi connectivity index (χ0v) is 13.4. The van der Waals surface area contributed by atoms with E-state index in [1.54, 1.807) is 11.3 Å². The summed E-state index contributed by atoms with van der Waals surface area (Å²) in [4.78, 5) is 0. The lowest BCUT2D eigenvalue weighted by Crippen LogP contribution is -2.22. The highest BCUT2D eigenvalue weighted by molar-refractivity contribution is 9.11. The third-order valence-corrected chi connectivity index (χ3v) is 4.35. The summed E-state index contributed by atoms with van der Waals surface area (Å²) in [5.41, 5.74) is 1.23. The minimum atomic E-state index is 0.129. The second-order valence-electron chi connectivity index (χ2n) is 3.71. The maximum atomic E-state index is 5.65. The van der Waals surface area contributed by atoms with Crippen LogP contribution in [0.3, 0.4) is 0 Å². The van der Waals surface area contributed by atoms with Gasteiger partial charge in [-0.15, -0.1) is 11.3 Å². The molecule has 2 aromatic rings. The van der Waals surface area contributed by atoms with Gasteiger partial charge in [0.2, 0.25) is 0 Å². The zero-order valence-electron chi connectivity index (χ0n) is 9.37. The third kappa shape index (κ3) is 3.44. The molecule has 17 heavy (non-hydrogen) atoms. The van der Waals surface area contributed by atoms with E-state index in [0.29, 0.717) is 0 Å². The summed E-state index contributed by atoms with van der Waals surface area (Å²) >= 11 is 8.53. The van der Waals surface area contributed by atoms with Crippen LogP contribution >= 0.6 is 43.2 Å². The molecule has 0 bridgehead atoms. The Bertz CT molecular complexity index is 440. The second kappa shape index (κ2) is 6.18. The second-order valence-corrected chi connectivity index (χ2v) is 6.79. The van der Waals surface area contributed by atoms with Crippen LogP contribution in [0.15, 0.2) is 36.5 Å². The maximum Gasteiger partial charge on any atom is 0.169 e. The number of halogens is 2. The number of nitrogens with one attached hydrogen (secondary N) is 1. The van der Waals surface area contributed by atoms with Crippen molar-refractivity contribution in [2.45, 2.75) is 19.4 Å². The van der Waals surface area contributed by atoms with Gasteiger partial charge in [0.15, 0.2) is 4.67 Å². The predicted molar refractivity (Wildman–Crippen MR) is 78.6 cm³/mol. The summed E-state index contributed by atoms with van der Waals surface area (Å²) in [5, 5.41) is 5.65. The van der Waals surface area contributed by atoms with Crippen LogP contribution in [0.1, 0.15) is 30.7 Å². The van der Waals surface area contributed by atoms with Crippen molar-refractivity contribution < 1.29 is 4.42 Å². The summed E-state index contributed by atoms with van der Waals surface area (Å²) in [6, 6.07) is 6.19. The first-order valence-corrected chi connectivity index (χ1v) is 7.90. The van der Waals surface area contributed by atoms with Crippen LogP contribution < -0.4 is 5.32 Å². The number of thiophene rings is 1. The van der Waals surface area contributed by atoms with Gasteiger partial charge in [-0.3, -0.25) is 0 Å². The van der Waals surface area contributed by atoms with Crippen LogP contribution in [0.25, 0.3) is 0 Å². The Balaban J connectivity index is 2.24. The fourth-order valence-electron chi connectivity index (χ4n) is 1.63. The number of rotatable bonds is 5. The molecule has 2 aromatic heterocycles. The molecular weight excluding hydrogens is 366 g/mol. The normalized spacial score (nSPS) is 12.9. The molecule has 0 radical (unpaired) electrons. The first-order chi connectivity index (χ1) is 8.20. The molecule has 1 N–H and O–H groups in total. The van der Waals surface area contributed by atoms with Gasteiger partial charge in [-0.2, -0.15) is 0 Å². The molecule has 0 amide bonds. The summed E-state index contributed by atoms with van der Waals surface area (Å²) in [6.07, 6.45) is 1.10. The van der Waals surface area contributed by atoms with Crippen LogP contribution in [-0.4, -0.2) is 6.54 Å². The molecule has 0 aliphatic heterocycles. The molecule has 0 fully saturated rings. The number of hydrogen-bond donors (Lipinski definition) is 1. The molecule has 0 saturated heterocycles. The Kier molecular flexibility index (Phi) is 4.85. The SMILES string of the molecule is CCCNC(c1csc(Br)c1)c1ccc(Br)o1. The Morgan fingerprint density at radius 2 is 2.24 bits per heavy atom. The van der Waals surface area contributed by atoms with Gasteiger partial charge in [0.1, 0.15) is 5.76 Å². The Labute approximate surface area is 122 Å². The lowest BCUT2D eigenvalue weighted by molar-refractivity contribution is 0.433. The molecule has 2 rings (SSSR count). The summed E-state index contributed by atoms with van der Waals surface area (Å²) in [5.74, 6) is 0.940. The zero-order chi connectivity index (χ0) is 12.3. The molecule has 0 saturated carbocycles. The smallest absolute Gasteiger partial charge is 0.169 e. The van der Waals surface area contributed by atoms with E-state index in [2.05, 4.69) is 55.5 Å². The predicted octanol–water partition coefficient (Wildman–Crippen LogP) is 4.96. The summed E-state index contributed by atoms with van der Waals surface area (Å²) < 4.78 is 7.56. The first kappa shape index (κ1) is 13.3. The molecule has 0 aromatic carbocycles. The van der Waals surface area contributed by atoms with E-state index >= 15 is 0 Å². The van der Waals surface area contributed by atoms with Crippen molar-refractivity contribution >= 4 is 43.2 Å². The molecule has 2 nitrogen and oxygen atoms in total. The molecule has 5 heteroatoms. The van der Waals surface area contributed by atoms with Gasteiger partial charge in [-0.25, -0.2) is 0 Å². The van der Waals surface area contributed by atoms with Crippen LogP contribution in [-0.2, 0) is 0 Å². The van der Waals surface area contributed by atoms with Crippen LogP contribution in [0.5, 0.6) is 0 Å². The molecular formula is C12H13Br2NOS. The highest BCUT2D eigenvalue weighted by Crippen LogP contribution is 2.31. The van der Waals surface area contributed by atoms with Crippen LogP contribution in [0.2, 0.25) is 0 Å². The van der Waals surface area contributed by atoms with Crippen LogP contribution in [0.4, 0.5) is 0 Å². The van der Waals surface area contributed by atoms with Crippen molar-refractivity contribution in [1.29, 1.82) is 0 Å². The molecule has 1 atom stereocenters. The number of hydrogen-bond acceptors (Lipinski definition) is 3. The quantitative estimate of drug-likeness (QED) is 0.795. The van der Waals surface area contributed by atoms with Gasteiger partial charge in [-0.1, -0.05) is 6.92 Å². The standard InChI is InChI=1S/C12H13Br2NOS/c1-2-5-15-12(8-6-11(14)17-7-8)9-3-4-10(13)16-9/h3-4,6-7,12,15H,2,5H2,1H3. The van der Waals surface area contributed by atoms with Crippen molar-refractivity contribution in [2.24, 2.45) is 0 Å². The topological polar surface area (TPSA) is 25.2 Å². The van der Waals surface area contributed by atoms with Gasteiger partial charge in [0.25, 0.3) is 0 Å². The Morgan fingerprint density at radius 3 is 2.76 bits per heavy atom.